The molecule has 2 heterocycles. The molecule has 1 saturated heterocycles. The predicted octanol–water partition coefficient (Wildman–Crippen LogP) is 0.845. The predicted molar refractivity (Wildman–Crippen MR) is 92.3 cm³/mol. The lowest BCUT2D eigenvalue weighted by Gasteiger charge is -2.36. The van der Waals surface area contributed by atoms with Gasteiger partial charge >= 0.3 is 0 Å². The van der Waals surface area contributed by atoms with Gasteiger partial charge in [-0.25, -0.2) is 0 Å². The Morgan fingerprint density at radius 2 is 2.08 bits per heavy atom. The lowest BCUT2D eigenvalue weighted by atomic mass is 10.2. The molecular weight excluding hydrogens is 320 g/mol. The summed E-state index contributed by atoms with van der Waals surface area (Å²) in [6.45, 7) is 4.52. The van der Waals surface area contributed by atoms with Crippen LogP contribution in [0.5, 0.6) is 0 Å². The summed E-state index contributed by atoms with van der Waals surface area (Å²) in [4.78, 5) is 15.5. The highest BCUT2D eigenvalue weighted by atomic mass is 16.2. The molecule has 0 spiro atoms. The number of piperazine rings is 1. The summed E-state index contributed by atoms with van der Waals surface area (Å²) < 4.78 is 0. The summed E-state index contributed by atoms with van der Waals surface area (Å²) in [6, 6.07) is 9.89. The normalized spacial score (nSPS) is 15.0. The molecule has 0 unspecified atom stereocenters. The Balaban J connectivity index is 1.76. The number of aromatic nitrogens is 4. The number of para-hydroxylation sites is 2. The molecule has 0 radical (unpaired) electrons. The van der Waals surface area contributed by atoms with Crippen LogP contribution >= 0.6 is 0 Å². The summed E-state index contributed by atoms with van der Waals surface area (Å²) in [5.74, 6) is 0.343. The SMILES string of the molecule is CC(=O)N1CCN(c2ccccc2NC=C(C#N)c2nn[nH]n2)CC1. The number of hydrogen-bond acceptors (Lipinski definition) is 7. The van der Waals surface area contributed by atoms with E-state index in [1.165, 1.54) is 0 Å². The summed E-state index contributed by atoms with van der Waals surface area (Å²) in [7, 11) is 0. The first-order valence-electron chi connectivity index (χ1n) is 7.89. The zero-order valence-electron chi connectivity index (χ0n) is 13.8. The van der Waals surface area contributed by atoms with Crippen LogP contribution in [0.3, 0.4) is 0 Å². The van der Waals surface area contributed by atoms with Crippen LogP contribution < -0.4 is 10.2 Å². The van der Waals surface area contributed by atoms with Crippen LogP contribution in [0.2, 0.25) is 0 Å². The minimum atomic E-state index is 0.104. The number of nitrogens with zero attached hydrogens (tertiary/aromatic N) is 6. The highest BCUT2D eigenvalue weighted by Gasteiger charge is 2.20. The Hall–Kier alpha value is -3.41. The van der Waals surface area contributed by atoms with E-state index in [0.29, 0.717) is 13.1 Å². The van der Waals surface area contributed by atoms with Gasteiger partial charge in [-0.2, -0.15) is 10.5 Å². The van der Waals surface area contributed by atoms with Crippen molar-refractivity contribution in [3.8, 4) is 6.07 Å². The molecule has 9 nitrogen and oxygen atoms in total. The molecular formula is C16H18N8O. The first-order valence-corrected chi connectivity index (χ1v) is 7.89. The third-order valence-electron chi connectivity index (χ3n) is 4.05. The second-order valence-corrected chi connectivity index (χ2v) is 5.56. The molecule has 25 heavy (non-hydrogen) atoms. The van der Waals surface area contributed by atoms with Gasteiger partial charge in [0.15, 0.2) is 0 Å². The van der Waals surface area contributed by atoms with Crippen molar-refractivity contribution in [3.63, 3.8) is 0 Å². The van der Waals surface area contributed by atoms with Crippen molar-refractivity contribution in [2.24, 2.45) is 0 Å². The molecule has 3 rings (SSSR count). The van der Waals surface area contributed by atoms with E-state index in [4.69, 9.17) is 0 Å². The fourth-order valence-corrected chi connectivity index (χ4v) is 2.71. The zero-order valence-corrected chi connectivity index (χ0v) is 13.8. The van der Waals surface area contributed by atoms with Gasteiger partial charge in [-0.15, -0.1) is 10.2 Å². The average Bonchev–Trinajstić information content (AvgIpc) is 3.17. The van der Waals surface area contributed by atoms with E-state index in [9.17, 15) is 10.1 Å². The van der Waals surface area contributed by atoms with Gasteiger partial charge in [0, 0.05) is 39.3 Å². The van der Waals surface area contributed by atoms with E-state index < -0.39 is 0 Å². The standard InChI is InChI=1S/C16H18N8O/c1-12(25)23-6-8-24(9-7-23)15-5-3-2-4-14(15)18-11-13(10-17)16-19-21-22-20-16/h2-5,11,18H,6-9H2,1H3,(H,19,20,21,22). The van der Waals surface area contributed by atoms with Gasteiger partial charge in [-0.05, 0) is 17.3 Å². The van der Waals surface area contributed by atoms with Gasteiger partial charge in [0.1, 0.15) is 11.6 Å². The Kier molecular flexibility index (Phi) is 4.89. The number of carbonyl (C=O) groups excluding carboxylic acids is 1. The third kappa shape index (κ3) is 3.74. The highest BCUT2D eigenvalue weighted by Crippen LogP contribution is 2.27. The molecule has 1 aromatic heterocycles. The number of anilines is 2. The first-order chi connectivity index (χ1) is 12.2. The van der Waals surface area contributed by atoms with Crippen LogP contribution in [0.4, 0.5) is 11.4 Å². The summed E-state index contributed by atoms with van der Waals surface area (Å²) in [6.07, 6.45) is 1.56. The van der Waals surface area contributed by atoms with Crippen molar-refractivity contribution in [1.82, 2.24) is 25.5 Å². The molecule has 2 aromatic rings. The Morgan fingerprint density at radius 3 is 2.72 bits per heavy atom. The van der Waals surface area contributed by atoms with Gasteiger partial charge in [-0.3, -0.25) is 4.79 Å². The van der Waals surface area contributed by atoms with Crippen LogP contribution in [0.1, 0.15) is 12.7 Å². The quantitative estimate of drug-likeness (QED) is 0.794. The lowest BCUT2D eigenvalue weighted by molar-refractivity contribution is -0.129. The number of benzene rings is 1. The molecule has 9 heteroatoms. The molecule has 1 aliphatic heterocycles. The average molecular weight is 338 g/mol. The number of allylic oxidation sites excluding steroid dienone is 1. The highest BCUT2D eigenvalue weighted by molar-refractivity contribution is 5.78. The van der Waals surface area contributed by atoms with Crippen LogP contribution in [0, 0.1) is 11.3 Å². The zero-order chi connectivity index (χ0) is 17.6. The number of nitrogens with one attached hydrogen (secondary N) is 2. The summed E-state index contributed by atoms with van der Waals surface area (Å²) in [5.41, 5.74) is 2.17. The van der Waals surface area contributed by atoms with Crippen LogP contribution in [0.25, 0.3) is 5.57 Å². The van der Waals surface area contributed by atoms with Gasteiger partial charge in [0.05, 0.1) is 11.4 Å². The number of hydrogen-bond donors (Lipinski definition) is 2. The monoisotopic (exact) mass is 338 g/mol. The van der Waals surface area contributed by atoms with Gasteiger partial charge in [0.2, 0.25) is 11.7 Å². The topological polar surface area (TPSA) is 114 Å². The number of rotatable bonds is 4. The van der Waals surface area contributed by atoms with Crippen LogP contribution in [-0.4, -0.2) is 57.6 Å². The fourth-order valence-electron chi connectivity index (χ4n) is 2.71. The minimum Gasteiger partial charge on any atom is -0.366 e. The van der Waals surface area contributed by atoms with E-state index in [-0.39, 0.29) is 17.3 Å². The van der Waals surface area contributed by atoms with Crippen LogP contribution in [0.15, 0.2) is 30.5 Å². The number of aromatic amines is 1. The summed E-state index contributed by atoms with van der Waals surface area (Å²) in [5, 5.41) is 25.8. The molecule has 1 aliphatic rings. The van der Waals surface area contributed by atoms with Crippen molar-refractivity contribution in [2.75, 3.05) is 36.4 Å². The Morgan fingerprint density at radius 1 is 1.32 bits per heavy atom. The largest absolute Gasteiger partial charge is 0.366 e. The molecule has 0 saturated carbocycles. The maximum atomic E-state index is 11.5. The van der Waals surface area contributed by atoms with Gasteiger partial charge < -0.3 is 15.1 Å². The lowest BCUT2D eigenvalue weighted by Crippen LogP contribution is -2.48. The van der Waals surface area contributed by atoms with E-state index in [1.54, 1.807) is 13.1 Å². The van der Waals surface area contributed by atoms with Crippen molar-refractivity contribution < 1.29 is 4.79 Å². The smallest absolute Gasteiger partial charge is 0.219 e. The number of H-pyrrole nitrogens is 1. The van der Waals surface area contributed by atoms with E-state index in [0.717, 1.165) is 24.5 Å². The van der Waals surface area contributed by atoms with Crippen molar-refractivity contribution in [2.45, 2.75) is 6.92 Å². The van der Waals surface area contributed by atoms with E-state index in [2.05, 4.69) is 30.8 Å². The van der Waals surface area contributed by atoms with Gasteiger partial charge in [0.25, 0.3) is 0 Å². The Labute approximate surface area is 144 Å². The molecule has 2 N–H and O–H groups in total. The Bertz CT molecular complexity index is 800. The van der Waals surface area contributed by atoms with Crippen molar-refractivity contribution in [1.29, 1.82) is 5.26 Å². The third-order valence-corrected chi connectivity index (χ3v) is 4.05. The van der Waals surface area contributed by atoms with Crippen molar-refractivity contribution >= 4 is 22.9 Å². The first kappa shape index (κ1) is 16.4. The van der Waals surface area contributed by atoms with E-state index in [1.807, 2.05) is 35.2 Å². The molecule has 0 aliphatic carbocycles. The second-order valence-electron chi connectivity index (χ2n) is 5.56. The fraction of sp³-hybridized carbons (Fsp3) is 0.312. The van der Waals surface area contributed by atoms with E-state index >= 15 is 0 Å². The summed E-state index contributed by atoms with van der Waals surface area (Å²) >= 11 is 0. The second kappa shape index (κ2) is 7.44. The molecule has 0 atom stereocenters. The molecule has 1 amide bonds. The number of tetrazole rings is 1. The number of nitriles is 1. The van der Waals surface area contributed by atoms with Crippen LogP contribution in [-0.2, 0) is 4.79 Å². The molecule has 0 bridgehead atoms. The molecule has 1 fully saturated rings. The maximum Gasteiger partial charge on any atom is 0.219 e. The molecule has 1 aromatic carbocycles. The van der Waals surface area contributed by atoms with Crippen molar-refractivity contribution in [3.05, 3.63) is 36.3 Å². The number of carbonyl (C=O) groups is 1. The maximum absolute atomic E-state index is 11.5. The van der Waals surface area contributed by atoms with Gasteiger partial charge in [-0.1, -0.05) is 12.1 Å². The minimum absolute atomic E-state index is 0.104. The number of amides is 1. The molecule has 128 valence electrons.